The normalized spacial score (nSPS) is 12.4. The Labute approximate surface area is 153 Å². The summed E-state index contributed by atoms with van der Waals surface area (Å²) in [6.45, 7) is 5.76. The van der Waals surface area contributed by atoms with Gasteiger partial charge in [0.1, 0.15) is 0 Å². The zero-order valence-corrected chi connectivity index (χ0v) is 17.1. The second-order valence-corrected chi connectivity index (χ2v) is 9.61. The molecular formula is C16H27BrN3O3S+. The Hall–Kier alpha value is -0.960. The lowest BCUT2D eigenvalue weighted by Gasteiger charge is -2.26. The molecule has 0 heterocycles. The van der Waals surface area contributed by atoms with Crippen molar-refractivity contribution in [2.45, 2.75) is 25.2 Å². The monoisotopic (exact) mass is 420 g/mol. The molecule has 0 unspecified atom stereocenters. The number of hydrogen-bond donors (Lipinski definition) is 3. The van der Waals surface area contributed by atoms with Gasteiger partial charge in [-0.05, 0) is 24.3 Å². The smallest absolute Gasteiger partial charge is 0.240 e. The van der Waals surface area contributed by atoms with Gasteiger partial charge in [0.25, 0.3) is 0 Å². The molecule has 6 nitrogen and oxygen atoms in total. The predicted molar refractivity (Wildman–Crippen MR) is 98.4 cm³/mol. The van der Waals surface area contributed by atoms with Crippen LogP contribution < -0.4 is 14.9 Å². The van der Waals surface area contributed by atoms with Crippen molar-refractivity contribution < 1.29 is 18.1 Å². The van der Waals surface area contributed by atoms with Gasteiger partial charge in [-0.1, -0.05) is 29.8 Å². The van der Waals surface area contributed by atoms with Gasteiger partial charge in [0.2, 0.25) is 15.9 Å². The standard InChI is InChI=1S/C16H26BrN3O3S/c1-16(2,12-20(3)4)11-18-15(21)9-10-19-24(22,23)14-7-5-13(17)6-8-14/h5-8,19H,9-12H2,1-4H3,(H,18,21)/p+1. The highest BCUT2D eigenvalue weighted by molar-refractivity contribution is 9.10. The zero-order chi connectivity index (χ0) is 18.4. The van der Waals surface area contributed by atoms with Crippen LogP contribution in [0, 0.1) is 5.41 Å². The highest BCUT2D eigenvalue weighted by atomic mass is 79.9. The average molecular weight is 421 g/mol. The van der Waals surface area contributed by atoms with Crippen LogP contribution in [0.15, 0.2) is 33.6 Å². The second-order valence-electron chi connectivity index (χ2n) is 6.93. The van der Waals surface area contributed by atoms with Gasteiger partial charge in [0, 0.05) is 29.4 Å². The Morgan fingerprint density at radius 3 is 2.33 bits per heavy atom. The first-order valence-electron chi connectivity index (χ1n) is 7.83. The van der Waals surface area contributed by atoms with Crippen LogP contribution >= 0.6 is 15.9 Å². The lowest BCUT2D eigenvalue weighted by Crippen LogP contribution is -3.07. The van der Waals surface area contributed by atoms with Crippen molar-refractivity contribution >= 4 is 31.9 Å². The third kappa shape index (κ3) is 7.74. The molecule has 3 N–H and O–H groups in total. The van der Waals surface area contributed by atoms with E-state index in [1.165, 1.54) is 17.0 Å². The number of amides is 1. The fraction of sp³-hybridized carbons (Fsp3) is 0.562. The molecule has 136 valence electrons. The largest absolute Gasteiger partial charge is 0.355 e. The topological polar surface area (TPSA) is 79.7 Å². The van der Waals surface area contributed by atoms with E-state index in [-0.39, 0.29) is 29.2 Å². The van der Waals surface area contributed by atoms with Crippen molar-refractivity contribution in [1.29, 1.82) is 0 Å². The number of benzene rings is 1. The molecule has 0 aliphatic heterocycles. The summed E-state index contributed by atoms with van der Waals surface area (Å²) >= 11 is 3.26. The zero-order valence-electron chi connectivity index (χ0n) is 14.6. The highest BCUT2D eigenvalue weighted by Gasteiger charge is 2.22. The lowest BCUT2D eigenvalue weighted by molar-refractivity contribution is -0.865. The van der Waals surface area contributed by atoms with Crippen molar-refractivity contribution in [1.82, 2.24) is 10.0 Å². The van der Waals surface area contributed by atoms with Crippen molar-refractivity contribution in [3.63, 3.8) is 0 Å². The number of carbonyl (C=O) groups is 1. The van der Waals surface area contributed by atoms with Gasteiger partial charge in [-0.25, -0.2) is 13.1 Å². The maximum atomic E-state index is 12.1. The first-order valence-corrected chi connectivity index (χ1v) is 10.1. The van der Waals surface area contributed by atoms with Gasteiger partial charge in [-0.15, -0.1) is 0 Å². The van der Waals surface area contributed by atoms with Gasteiger partial charge >= 0.3 is 0 Å². The number of quaternary nitrogens is 1. The van der Waals surface area contributed by atoms with Crippen LogP contribution in [-0.2, 0) is 14.8 Å². The Bertz CT molecular complexity index is 643. The number of sulfonamides is 1. The van der Waals surface area contributed by atoms with Gasteiger partial charge in [-0.2, -0.15) is 0 Å². The van der Waals surface area contributed by atoms with Crippen LogP contribution in [-0.4, -0.2) is 48.1 Å². The van der Waals surface area contributed by atoms with Crippen LogP contribution in [0.1, 0.15) is 20.3 Å². The molecule has 0 bridgehead atoms. The molecule has 24 heavy (non-hydrogen) atoms. The fourth-order valence-electron chi connectivity index (χ4n) is 2.44. The van der Waals surface area contributed by atoms with Crippen LogP contribution in [0.25, 0.3) is 0 Å². The fourth-order valence-corrected chi connectivity index (χ4v) is 3.74. The van der Waals surface area contributed by atoms with E-state index in [1.807, 2.05) is 0 Å². The molecule has 0 saturated carbocycles. The second kappa shape index (κ2) is 8.94. The molecule has 0 fully saturated rings. The minimum atomic E-state index is -3.59. The summed E-state index contributed by atoms with van der Waals surface area (Å²) in [5.74, 6) is -0.157. The van der Waals surface area contributed by atoms with E-state index >= 15 is 0 Å². The Morgan fingerprint density at radius 2 is 1.79 bits per heavy atom. The van der Waals surface area contributed by atoms with Crippen LogP contribution in [0.3, 0.4) is 0 Å². The Balaban J connectivity index is 2.41. The van der Waals surface area contributed by atoms with E-state index in [0.717, 1.165) is 11.0 Å². The number of rotatable bonds is 9. The van der Waals surface area contributed by atoms with Gasteiger partial charge in [0.05, 0.1) is 25.5 Å². The summed E-state index contributed by atoms with van der Waals surface area (Å²) in [4.78, 5) is 13.4. The highest BCUT2D eigenvalue weighted by Crippen LogP contribution is 2.14. The quantitative estimate of drug-likeness (QED) is 0.540. The molecule has 8 heteroatoms. The van der Waals surface area contributed by atoms with Gasteiger partial charge in [0.15, 0.2) is 0 Å². The van der Waals surface area contributed by atoms with Crippen molar-refractivity contribution in [3.05, 3.63) is 28.7 Å². The summed E-state index contributed by atoms with van der Waals surface area (Å²) in [5.41, 5.74) is -0.00851. The molecule has 1 rings (SSSR count). The summed E-state index contributed by atoms with van der Waals surface area (Å²) in [7, 11) is 0.554. The number of carbonyl (C=O) groups excluding carboxylic acids is 1. The molecule has 1 aromatic carbocycles. The first kappa shape index (κ1) is 21.1. The van der Waals surface area contributed by atoms with E-state index in [1.54, 1.807) is 12.1 Å². The number of nitrogens with one attached hydrogen (secondary N) is 3. The molecule has 0 saturated heterocycles. The van der Waals surface area contributed by atoms with Gasteiger partial charge < -0.3 is 10.2 Å². The molecule has 1 aromatic rings. The van der Waals surface area contributed by atoms with Crippen LogP contribution in [0.4, 0.5) is 0 Å². The SMILES string of the molecule is C[NH+](C)CC(C)(C)CNC(=O)CCNS(=O)(=O)c1ccc(Br)cc1. The molecule has 0 spiro atoms. The van der Waals surface area contributed by atoms with E-state index < -0.39 is 10.0 Å². The number of halogens is 1. The first-order chi connectivity index (χ1) is 11.0. The summed E-state index contributed by atoms with van der Waals surface area (Å²) in [5, 5.41) is 2.87. The predicted octanol–water partition coefficient (Wildman–Crippen LogP) is 0.404. The Kier molecular flexibility index (Phi) is 7.85. The molecule has 1 amide bonds. The summed E-state index contributed by atoms with van der Waals surface area (Å²) in [6.07, 6.45) is 0.112. The summed E-state index contributed by atoms with van der Waals surface area (Å²) in [6, 6.07) is 6.35. The van der Waals surface area contributed by atoms with Crippen molar-refractivity contribution in [3.8, 4) is 0 Å². The van der Waals surface area contributed by atoms with Gasteiger partial charge in [-0.3, -0.25) is 4.79 Å². The van der Waals surface area contributed by atoms with E-state index in [2.05, 4.69) is 53.9 Å². The molecular weight excluding hydrogens is 394 g/mol. The van der Waals surface area contributed by atoms with Crippen LogP contribution in [0.2, 0.25) is 0 Å². The van der Waals surface area contributed by atoms with Crippen molar-refractivity contribution in [2.24, 2.45) is 5.41 Å². The van der Waals surface area contributed by atoms with Crippen molar-refractivity contribution in [2.75, 3.05) is 33.7 Å². The van der Waals surface area contributed by atoms with E-state index in [0.29, 0.717) is 6.54 Å². The maximum Gasteiger partial charge on any atom is 0.240 e. The third-order valence-corrected chi connectivity index (χ3v) is 5.37. The molecule has 0 atom stereocenters. The molecule has 0 aromatic heterocycles. The average Bonchev–Trinajstić information content (AvgIpc) is 2.44. The molecule has 0 radical (unpaired) electrons. The lowest BCUT2D eigenvalue weighted by atomic mass is 9.93. The Morgan fingerprint density at radius 1 is 1.21 bits per heavy atom. The summed E-state index contributed by atoms with van der Waals surface area (Å²) < 4.78 is 27.5. The minimum absolute atomic E-state index is 0.00851. The molecule has 0 aliphatic carbocycles. The maximum absolute atomic E-state index is 12.1. The van der Waals surface area contributed by atoms with Crippen LogP contribution in [0.5, 0.6) is 0 Å². The van der Waals surface area contributed by atoms with E-state index in [9.17, 15) is 13.2 Å². The third-order valence-electron chi connectivity index (χ3n) is 3.36. The number of hydrogen-bond acceptors (Lipinski definition) is 3. The minimum Gasteiger partial charge on any atom is -0.355 e. The van der Waals surface area contributed by atoms with E-state index in [4.69, 9.17) is 0 Å². The molecule has 0 aliphatic rings.